The highest BCUT2D eigenvalue weighted by atomic mass is 19.4. The largest absolute Gasteiger partial charge is 0.573 e. The summed E-state index contributed by atoms with van der Waals surface area (Å²) in [5, 5.41) is 19.7. The van der Waals surface area contributed by atoms with Crippen LogP contribution in [0.3, 0.4) is 0 Å². The third-order valence-electron chi connectivity index (χ3n) is 2.15. The molecular formula is C11H7F3N2O5. The van der Waals surface area contributed by atoms with E-state index >= 15 is 0 Å². The monoisotopic (exact) mass is 304 g/mol. The van der Waals surface area contributed by atoms with Crippen molar-refractivity contribution >= 4 is 11.7 Å². The van der Waals surface area contributed by atoms with Gasteiger partial charge in [0.25, 0.3) is 0 Å². The van der Waals surface area contributed by atoms with Gasteiger partial charge in [0.05, 0.1) is 11.5 Å². The molecule has 0 fully saturated rings. The molecular weight excluding hydrogens is 297 g/mol. The highest BCUT2D eigenvalue weighted by molar-refractivity contribution is 5.98. The zero-order valence-corrected chi connectivity index (χ0v) is 10.4. The summed E-state index contributed by atoms with van der Waals surface area (Å²) in [5.74, 6) is -2.49. The lowest BCUT2D eigenvalue weighted by Crippen LogP contribution is -2.20. The molecule has 0 unspecified atom stereocenters. The molecule has 0 aliphatic heterocycles. The molecule has 0 heterocycles. The molecule has 0 atom stereocenters. The number of hydrogen-bond acceptors (Lipinski definition) is 6. The van der Waals surface area contributed by atoms with E-state index in [0.29, 0.717) is 6.07 Å². The Morgan fingerprint density at radius 3 is 2.52 bits per heavy atom. The van der Waals surface area contributed by atoms with Crippen molar-refractivity contribution < 1.29 is 32.4 Å². The number of nitro groups is 1. The lowest BCUT2D eigenvalue weighted by molar-refractivity contribution is -0.385. The third kappa shape index (κ3) is 3.82. The summed E-state index contributed by atoms with van der Waals surface area (Å²) in [4.78, 5) is 21.5. The Morgan fingerprint density at radius 2 is 2.10 bits per heavy atom. The minimum absolute atomic E-state index is 0.224. The predicted molar refractivity (Wildman–Crippen MR) is 60.5 cm³/mol. The van der Waals surface area contributed by atoms with Gasteiger partial charge in [-0.1, -0.05) is 0 Å². The summed E-state index contributed by atoms with van der Waals surface area (Å²) in [7, 11) is 0. The van der Waals surface area contributed by atoms with Crippen LogP contribution in [0.4, 0.5) is 18.9 Å². The number of nitrogens with zero attached hydrogens (tertiary/aromatic N) is 2. The average molecular weight is 304 g/mol. The van der Waals surface area contributed by atoms with Gasteiger partial charge in [-0.05, 0) is 19.1 Å². The number of esters is 1. The molecule has 1 aromatic rings. The first kappa shape index (κ1) is 16.2. The van der Waals surface area contributed by atoms with Crippen molar-refractivity contribution in [2.45, 2.75) is 13.3 Å². The molecule has 0 aliphatic rings. The van der Waals surface area contributed by atoms with Crippen molar-refractivity contribution in [1.82, 2.24) is 0 Å². The van der Waals surface area contributed by atoms with Crippen molar-refractivity contribution in [3.8, 4) is 11.8 Å². The maximum Gasteiger partial charge on any atom is 0.573 e. The van der Waals surface area contributed by atoms with E-state index in [1.165, 1.54) is 13.0 Å². The second-order valence-electron chi connectivity index (χ2n) is 3.47. The molecule has 0 radical (unpaired) electrons. The van der Waals surface area contributed by atoms with Gasteiger partial charge in [0.1, 0.15) is 11.6 Å². The van der Waals surface area contributed by atoms with Crippen LogP contribution in [0.5, 0.6) is 5.75 Å². The number of halogens is 3. The fraction of sp³-hybridized carbons (Fsp3) is 0.273. The normalized spacial score (nSPS) is 10.6. The smallest absolute Gasteiger partial charge is 0.462 e. The molecule has 7 nitrogen and oxygen atoms in total. The van der Waals surface area contributed by atoms with Crippen molar-refractivity contribution in [2.75, 3.05) is 6.61 Å². The quantitative estimate of drug-likeness (QED) is 0.481. The molecule has 10 heteroatoms. The number of hydrogen-bond donors (Lipinski definition) is 0. The molecule has 0 saturated heterocycles. The minimum atomic E-state index is -5.16. The highest BCUT2D eigenvalue weighted by Gasteiger charge is 2.37. The van der Waals surface area contributed by atoms with Crippen molar-refractivity contribution in [3.05, 3.63) is 33.4 Å². The fourth-order valence-electron chi connectivity index (χ4n) is 1.46. The maximum atomic E-state index is 12.3. The average Bonchev–Trinajstić information content (AvgIpc) is 2.36. The second kappa shape index (κ2) is 6.08. The Morgan fingerprint density at radius 1 is 1.48 bits per heavy atom. The molecule has 0 saturated carbocycles. The number of benzene rings is 1. The van der Waals surface area contributed by atoms with Gasteiger partial charge in [-0.2, -0.15) is 5.26 Å². The molecule has 112 valence electrons. The predicted octanol–water partition coefficient (Wildman–Crippen LogP) is 2.54. The molecule has 1 aromatic carbocycles. The van der Waals surface area contributed by atoms with Gasteiger partial charge in [0.2, 0.25) is 0 Å². The van der Waals surface area contributed by atoms with Crippen LogP contribution in [0.25, 0.3) is 0 Å². The van der Waals surface area contributed by atoms with E-state index in [1.54, 1.807) is 0 Å². The Bertz CT molecular complexity index is 622. The van der Waals surface area contributed by atoms with E-state index in [1.807, 2.05) is 0 Å². The second-order valence-corrected chi connectivity index (χ2v) is 3.47. The van der Waals surface area contributed by atoms with Crippen LogP contribution in [-0.4, -0.2) is 23.9 Å². The van der Waals surface area contributed by atoms with Gasteiger partial charge in [-0.15, -0.1) is 13.2 Å². The third-order valence-corrected chi connectivity index (χ3v) is 2.15. The van der Waals surface area contributed by atoms with Crippen LogP contribution in [0, 0.1) is 21.4 Å². The van der Waals surface area contributed by atoms with Gasteiger partial charge >= 0.3 is 18.0 Å². The van der Waals surface area contributed by atoms with E-state index in [0.717, 1.165) is 6.07 Å². The first-order chi connectivity index (χ1) is 9.71. The van der Waals surface area contributed by atoms with Crippen molar-refractivity contribution in [2.24, 2.45) is 0 Å². The zero-order valence-electron chi connectivity index (χ0n) is 10.4. The molecule has 0 aromatic heterocycles. The van der Waals surface area contributed by atoms with Crippen LogP contribution >= 0.6 is 0 Å². The van der Waals surface area contributed by atoms with Crippen LogP contribution in [0.1, 0.15) is 22.8 Å². The lowest BCUT2D eigenvalue weighted by atomic mass is 10.1. The summed E-state index contributed by atoms with van der Waals surface area (Å²) in [6.07, 6.45) is -5.16. The highest BCUT2D eigenvalue weighted by Crippen LogP contribution is 2.35. The first-order valence-corrected chi connectivity index (χ1v) is 5.35. The van der Waals surface area contributed by atoms with E-state index in [2.05, 4.69) is 9.47 Å². The molecule has 0 amide bonds. The van der Waals surface area contributed by atoms with Crippen molar-refractivity contribution in [3.63, 3.8) is 0 Å². The van der Waals surface area contributed by atoms with E-state index in [-0.39, 0.29) is 6.61 Å². The molecule has 1 rings (SSSR count). The SMILES string of the molecule is CCOC(=O)c1c(OC(F)(F)F)ccc(C#N)c1[N+](=O)[O-]. The molecule has 0 spiro atoms. The first-order valence-electron chi connectivity index (χ1n) is 5.35. The summed E-state index contributed by atoms with van der Waals surface area (Å²) in [5.41, 5.74) is -2.74. The molecule has 0 aliphatic carbocycles. The molecule has 21 heavy (non-hydrogen) atoms. The zero-order chi connectivity index (χ0) is 16.2. The van der Waals surface area contributed by atoms with Crippen LogP contribution in [0.2, 0.25) is 0 Å². The number of nitriles is 1. The number of rotatable bonds is 4. The van der Waals surface area contributed by atoms with Gasteiger partial charge < -0.3 is 9.47 Å². The van der Waals surface area contributed by atoms with Crippen LogP contribution in [-0.2, 0) is 4.74 Å². The number of nitro benzene ring substituents is 1. The van der Waals surface area contributed by atoms with E-state index < -0.39 is 39.8 Å². The number of carbonyl (C=O) groups is 1. The van der Waals surface area contributed by atoms with Crippen LogP contribution < -0.4 is 4.74 Å². The Hall–Kier alpha value is -2.83. The summed E-state index contributed by atoms with van der Waals surface area (Å²) >= 11 is 0. The topological polar surface area (TPSA) is 102 Å². The van der Waals surface area contributed by atoms with E-state index in [9.17, 15) is 28.1 Å². The number of ether oxygens (including phenoxy) is 2. The van der Waals surface area contributed by atoms with Crippen molar-refractivity contribution in [1.29, 1.82) is 5.26 Å². The van der Waals surface area contributed by atoms with Gasteiger partial charge in [0.15, 0.2) is 11.3 Å². The lowest BCUT2D eigenvalue weighted by Gasteiger charge is -2.13. The van der Waals surface area contributed by atoms with Gasteiger partial charge in [-0.25, -0.2) is 4.79 Å². The Labute approximate surface area is 115 Å². The number of carbonyl (C=O) groups excluding carboxylic acids is 1. The standard InChI is InChI=1S/C11H7F3N2O5/c1-2-20-10(17)8-7(21-11(12,13)14)4-3-6(5-15)9(8)16(18)19/h3-4H,2H2,1H3. The summed E-state index contributed by atoms with van der Waals surface area (Å²) in [6.45, 7) is 1.14. The maximum absolute atomic E-state index is 12.3. The van der Waals surface area contributed by atoms with E-state index in [4.69, 9.17) is 5.26 Å². The Balaban J connectivity index is 3.59. The summed E-state index contributed by atoms with van der Waals surface area (Å²) in [6, 6.07) is 2.81. The van der Waals surface area contributed by atoms with Gasteiger partial charge in [0, 0.05) is 0 Å². The van der Waals surface area contributed by atoms with Crippen LogP contribution in [0.15, 0.2) is 12.1 Å². The molecule has 0 N–H and O–H groups in total. The Kier molecular flexibility index (Phi) is 4.70. The van der Waals surface area contributed by atoms with Gasteiger partial charge in [-0.3, -0.25) is 10.1 Å². The summed E-state index contributed by atoms with van der Waals surface area (Å²) < 4.78 is 44.9. The number of alkyl halides is 3. The fourth-order valence-corrected chi connectivity index (χ4v) is 1.46. The molecule has 0 bridgehead atoms. The minimum Gasteiger partial charge on any atom is -0.462 e.